The van der Waals surface area contributed by atoms with E-state index in [4.69, 9.17) is 0 Å². The van der Waals surface area contributed by atoms with Gasteiger partial charge in [0.05, 0.1) is 51.6 Å². The molecule has 0 bridgehead atoms. The number of hydrogen-bond acceptors (Lipinski definition) is 3. The molecule has 0 saturated carbocycles. The van der Waals surface area contributed by atoms with Crippen LogP contribution in [0.15, 0.2) is 170 Å². The van der Waals surface area contributed by atoms with Crippen LogP contribution in [0.3, 0.4) is 0 Å². The average molecular weight is 653 g/mol. The highest BCUT2D eigenvalue weighted by molar-refractivity contribution is 7.19. The molecule has 0 amide bonds. The van der Waals surface area contributed by atoms with Gasteiger partial charge in [-0.25, -0.2) is 0 Å². The molecule has 0 aliphatic carbocycles. The minimum atomic E-state index is -2.84. The zero-order valence-electron chi connectivity index (χ0n) is 27.0. The highest BCUT2D eigenvalue weighted by Crippen LogP contribution is 2.37. The van der Waals surface area contributed by atoms with E-state index in [2.05, 4.69) is 144 Å². The summed E-state index contributed by atoms with van der Waals surface area (Å²) in [7, 11) is -2.84. The lowest BCUT2D eigenvalue weighted by Gasteiger charge is -2.34. The van der Waals surface area contributed by atoms with Gasteiger partial charge >= 0.3 is 0 Å². The molecule has 0 unspecified atom stereocenters. The van der Waals surface area contributed by atoms with E-state index in [1.165, 1.54) is 15.6 Å². The molecule has 232 valence electrons. The van der Waals surface area contributed by atoms with Gasteiger partial charge in [-0.3, -0.25) is 0 Å². The van der Waals surface area contributed by atoms with Crippen LogP contribution >= 0.6 is 0 Å². The second-order valence-corrected chi connectivity index (χ2v) is 16.1. The Morgan fingerprint density at radius 2 is 0.880 bits per heavy atom. The van der Waals surface area contributed by atoms with Crippen LogP contribution < -0.4 is 20.7 Å². The van der Waals surface area contributed by atoms with Crippen molar-refractivity contribution in [1.82, 2.24) is 4.57 Å². The summed E-state index contributed by atoms with van der Waals surface area (Å²) in [5.74, 6) is 0. The van der Waals surface area contributed by atoms with Gasteiger partial charge in [0.1, 0.15) is 0 Å². The van der Waals surface area contributed by atoms with Crippen LogP contribution in [0.5, 0.6) is 0 Å². The smallest absolute Gasteiger partial charge is 0.179 e. The molecule has 0 aliphatic heterocycles. The quantitative estimate of drug-likeness (QED) is 0.138. The lowest BCUT2D eigenvalue weighted by Crippen LogP contribution is -2.74. The van der Waals surface area contributed by atoms with Gasteiger partial charge < -0.3 is 4.57 Å². The minimum Gasteiger partial charge on any atom is -0.309 e. The number of rotatable bonds is 6. The predicted molar refractivity (Wildman–Crippen MR) is 204 cm³/mol. The number of fused-ring (bicyclic) bond motifs is 3. The van der Waals surface area contributed by atoms with Crippen LogP contribution in [0, 0.1) is 34.0 Å². The molecule has 8 rings (SSSR count). The third-order valence-electron chi connectivity index (χ3n) is 9.65. The van der Waals surface area contributed by atoms with Gasteiger partial charge in [0.25, 0.3) is 0 Å². The van der Waals surface area contributed by atoms with Gasteiger partial charge in [0.2, 0.25) is 0 Å². The second-order valence-electron chi connectivity index (χ2n) is 12.3. The summed E-state index contributed by atoms with van der Waals surface area (Å²) < 4.78 is 2.17. The molecule has 50 heavy (non-hydrogen) atoms. The summed E-state index contributed by atoms with van der Waals surface area (Å²) >= 11 is 0. The molecule has 5 heteroatoms. The van der Waals surface area contributed by atoms with Crippen LogP contribution in [-0.2, 0) is 0 Å². The summed E-state index contributed by atoms with van der Waals surface area (Å²) in [4.78, 5) is 0. The maximum atomic E-state index is 10.9. The predicted octanol–water partition coefficient (Wildman–Crippen LogP) is 7.44. The Kier molecular flexibility index (Phi) is 7.63. The van der Waals surface area contributed by atoms with E-state index in [1.807, 2.05) is 48.5 Å². The van der Waals surface area contributed by atoms with Crippen molar-refractivity contribution < 1.29 is 0 Å². The number of aromatic nitrogens is 1. The van der Waals surface area contributed by atoms with E-state index in [0.29, 0.717) is 16.7 Å². The van der Waals surface area contributed by atoms with Gasteiger partial charge in [0.15, 0.2) is 8.07 Å². The first-order chi connectivity index (χ1) is 24.7. The molecule has 0 spiro atoms. The van der Waals surface area contributed by atoms with Crippen molar-refractivity contribution in [2.24, 2.45) is 0 Å². The summed E-state index contributed by atoms with van der Waals surface area (Å²) in [6, 6.07) is 65.1. The summed E-state index contributed by atoms with van der Waals surface area (Å²) in [5.41, 5.74) is 6.18. The molecule has 0 aliphatic rings. The number of para-hydroxylation sites is 1. The Labute approximate surface area is 291 Å². The van der Waals surface area contributed by atoms with Gasteiger partial charge in [0, 0.05) is 21.9 Å². The van der Waals surface area contributed by atoms with Crippen molar-refractivity contribution in [3.05, 3.63) is 187 Å². The van der Waals surface area contributed by atoms with Gasteiger partial charge in [-0.05, 0) is 69.3 Å². The number of nitrogens with zero attached hydrogens (tertiary/aromatic N) is 4. The average Bonchev–Trinajstić information content (AvgIpc) is 3.52. The Balaban J connectivity index is 1.39. The van der Waals surface area contributed by atoms with Crippen molar-refractivity contribution in [3.63, 3.8) is 0 Å². The van der Waals surface area contributed by atoms with Crippen LogP contribution in [0.1, 0.15) is 16.7 Å². The Hall–Kier alpha value is -6.97. The molecule has 1 heterocycles. The third kappa shape index (κ3) is 4.80. The fourth-order valence-corrected chi connectivity index (χ4v) is 12.3. The maximum Gasteiger partial charge on any atom is 0.179 e. The van der Waals surface area contributed by atoms with E-state index in [1.54, 1.807) is 0 Å². The molecular formula is C45H28N4Si. The van der Waals surface area contributed by atoms with Crippen molar-refractivity contribution >= 4 is 50.6 Å². The zero-order chi connectivity index (χ0) is 34.1. The van der Waals surface area contributed by atoms with Crippen LogP contribution in [-0.4, -0.2) is 12.6 Å². The summed E-state index contributed by atoms with van der Waals surface area (Å²) in [6.45, 7) is 0. The molecule has 4 nitrogen and oxygen atoms in total. The highest BCUT2D eigenvalue weighted by atomic mass is 28.3. The third-order valence-corrected chi connectivity index (χ3v) is 14.4. The fraction of sp³-hybridized carbons (Fsp3) is 0. The molecule has 0 radical (unpaired) electrons. The molecule has 8 aromatic rings. The molecule has 0 fully saturated rings. The summed E-state index contributed by atoms with van der Waals surface area (Å²) in [5, 5.41) is 36.9. The molecule has 7 aromatic carbocycles. The first-order valence-electron chi connectivity index (χ1n) is 16.4. The first kappa shape index (κ1) is 30.4. The molecule has 0 saturated heterocycles. The van der Waals surface area contributed by atoms with Crippen LogP contribution in [0.2, 0.25) is 0 Å². The number of benzene rings is 7. The first-order valence-corrected chi connectivity index (χ1v) is 18.4. The maximum absolute atomic E-state index is 10.9. The van der Waals surface area contributed by atoms with Crippen molar-refractivity contribution in [1.29, 1.82) is 15.8 Å². The van der Waals surface area contributed by atoms with Crippen molar-refractivity contribution in [2.75, 3.05) is 0 Å². The summed E-state index contributed by atoms with van der Waals surface area (Å²) in [6.07, 6.45) is 0. The fourth-order valence-electron chi connectivity index (χ4n) is 7.49. The normalized spacial score (nSPS) is 11.1. The minimum absolute atomic E-state index is 0.553. The Bertz CT molecular complexity index is 2510. The largest absolute Gasteiger partial charge is 0.309 e. The SMILES string of the molecule is N#Cc1ccc2c(c1)c1cc(C#N)ccc1n2-c1ccccc1-c1ccc([Si](c2ccccc2)(c2ccccc2)c2ccccc2)cc1C#N. The van der Waals surface area contributed by atoms with Crippen LogP contribution in [0.4, 0.5) is 0 Å². The topological polar surface area (TPSA) is 76.3 Å². The van der Waals surface area contributed by atoms with Gasteiger partial charge in [-0.1, -0.05) is 121 Å². The lowest BCUT2D eigenvalue weighted by atomic mass is 9.98. The van der Waals surface area contributed by atoms with Gasteiger partial charge in [-0.2, -0.15) is 15.8 Å². The monoisotopic (exact) mass is 652 g/mol. The highest BCUT2D eigenvalue weighted by Gasteiger charge is 2.41. The number of hydrogen-bond donors (Lipinski definition) is 0. The second kappa shape index (κ2) is 12.6. The Morgan fingerprint density at radius 1 is 0.400 bits per heavy atom. The van der Waals surface area contributed by atoms with Gasteiger partial charge in [-0.15, -0.1) is 0 Å². The van der Waals surface area contributed by atoms with Crippen molar-refractivity contribution in [2.45, 2.75) is 0 Å². The molecule has 0 atom stereocenters. The molecule has 1 aromatic heterocycles. The molecular weight excluding hydrogens is 625 g/mol. The zero-order valence-corrected chi connectivity index (χ0v) is 28.0. The van der Waals surface area contributed by atoms with Crippen LogP contribution in [0.25, 0.3) is 38.6 Å². The lowest BCUT2D eigenvalue weighted by molar-refractivity contribution is 1.18. The van der Waals surface area contributed by atoms with E-state index in [9.17, 15) is 15.8 Å². The number of nitriles is 3. The van der Waals surface area contributed by atoms with E-state index < -0.39 is 8.07 Å². The Morgan fingerprint density at radius 3 is 1.36 bits per heavy atom. The van der Waals surface area contributed by atoms with E-state index in [-0.39, 0.29) is 0 Å². The molecule has 0 N–H and O–H groups in total. The van der Waals surface area contributed by atoms with E-state index in [0.717, 1.165) is 43.8 Å². The van der Waals surface area contributed by atoms with E-state index >= 15 is 0 Å². The standard InChI is InChI=1S/C45H28N4Si/c46-29-32-20-24-44-41(26-32)42-27-33(30-47)21-25-45(42)49(44)43-19-11-10-18-40(43)39-23-22-38(28-34(39)31-48)50(35-12-4-1-5-13-35,36-14-6-2-7-15-36)37-16-8-3-9-17-37/h1-28H. The van der Waals surface area contributed by atoms with Crippen molar-refractivity contribution in [3.8, 4) is 35.0 Å².